The van der Waals surface area contributed by atoms with Crippen molar-refractivity contribution in [3.63, 3.8) is 0 Å². The van der Waals surface area contributed by atoms with Crippen LogP contribution in [0.2, 0.25) is 0 Å². The summed E-state index contributed by atoms with van der Waals surface area (Å²) >= 11 is 0. The molecule has 0 radical (unpaired) electrons. The van der Waals surface area contributed by atoms with E-state index in [2.05, 4.69) is 5.32 Å². The molecule has 11 heavy (non-hydrogen) atoms. The van der Waals surface area contributed by atoms with Crippen molar-refractivity contribution in [1.29, 1.82) is 0 Å². The Balaban J connectivity index is 2.71. The van der Waals surface area contributed by atoms with E-state index in [1.807, 2.05) is 0 Å². The molecule has 0 aliphatic carbocycles. The Kier molecular flexibility index (Phi) is 2.22. The van der Waals surface area contributed by atoms with E-state index in [1.54, 1.807) is 0 Å². The maximum atomic E-state index is 10.4. The van der Waals surface area contributed by atoms with Crippen LogP contribution < -0.4 is 5.32 Å². The molecule has 1 aliphatic heterocycles. The molecule has 60 valence electrons. The monoisotopic (exact) mass is 156 g/mol. The van der Waals surface area contributed by atoms with E-state index in [9.17, 15) is 9.59 Å². The predicted octanol–water partition coefficient (Wildman–Crippen LogP) is -1.03. The minimum absolute atomic E-state index is 0.198. The molecule has 0 aromatic rings. The third kappa shape index (κ3) is 1.78. The Morgan fingerprint density at radius 2 is 2.55 bits per heavy atom. The summed E-state index contributed by atoms with van der Waals surface area (Å²) in [4.78, 5) is 21.8. The van der Waals surface area contributed by atoms with Gasteiger partial charge in [0, 0.05) is 12.7 Å². The maximum absolute atomic E-state index is 10.4. The largest absolute Gasteiger partial charge is 0.478 e. The lowest BCUT2D eigenvalue weighted by atomic mass is 10.2. The van der Waals surface area contributed by atoms with Gasteiger partial charge in [-0.15, -0.1) is 0 Å². The fraction of sp³-hybridized carbons (Fsp3) is 0.333. The summed E-state index contributed by atoms with van der Waals surface area (Å²) in [6.07, 6.45) is 1.90. The summed E-state index contributed by atoms with van der Waals surface area (Å²) in [6, 6.07) is 0. The molecule has 1 heterocycles. The zero-order valence-corrected chi connectivity index (χ0v) is 5.78. The van der Waals surface area contributed by atoms with Gasteiger partial charge in [-0.1, -0.05) is 0 Å². The van der Waals surface area contributed by atoms with Crippen molar-refractivity contribution in [2.45, 2.75) is 0 Å². The molecule has 0 saturated heterocycles. The van der Waals surface area contributed by atoms with Crippen LogP contribution in [0.3, 0.4) is 0 Å². The first-order valence-corrected chi connectivity index (χ1v) is 3.10. The van der Waals surface area contributed by atoms with E-state index in [-0.39, 0.29) is 5.57 Å². The van der Waals surface area contributed by atoms with Gasteiger partial charge in [0.1, 0.15) is 0 Å². The van der Waals surface area contributed by atoms with Gasteiger partial charge in [0.15, 0.2) is 0 Å². The molecule has 5 heteroatoms. The van der Waals surface area contributed by atoms with Crippen molar-refractivity contribution < 1.29 is 14.7 Å². The number of rotatable bonds is 2. The topological polar surface area (TPSA) is 69.6 Å². The van der Waals surface area contributed by atoms with Crippen LogP contribution in [0.25, 0.3) is 0 Å². The zero-order chi connectivity index (χ0) is 8.27. The second-order valence-corrected chi connectivity index (χ2v) is 2.16. The van der Waals surface area contributed by atoms with Gasteiger partial charge in [-0.3, -0.25) is 10.1 Å². The van der Waals surface area contributed by atoms with Crippen molar-refractivity contribution in [1.82, 2.24) is 10.2 Å². The Hall–Kier alpha value is -1.36. The average Bonchev–Trinajstić information content (AvgIpc) is 2.05. The molecule has 0 fully saturated rings. The highest BCUT2D eigenvalue weighted by molar-refractivity contribution is 5.87. The predicted molar refractivity (Wildman–Crippen MR) is 36.5 cm³/mol. The Bertz CT molecular complexity index is 212. The van der Waals surface area contributed by atoms with Crippen LogP contribution in [0.1, 0.15) is 0 Å². The molecule has 0 saturated carbocycles. The molecule has 0 bridgehead atoms. The summed E-state index contributed by atoms with van der Waals surface area (Å²) in [6.45, 7) is 0.681. The molecule has 0 spiro atoms. The van der Waals surface area contributed by atoms with Crippen LogP contribution in [0, 0.1) is 0 Å². The standard InChI is InChI=1S/C6H8N2O3/c9-4-8-2-5(6(10)11)1-7-3-8/h2,4,7H,1,3H2,(H,10,11). The number of nitrogens with one attached hydrogen (secondary N) is 1. The molecule has 0 atom stereocenters. The number of carbonyl (C=O) groups excluding carboxylic acids is 1. The Morgan fingerprint density at radius 3 is 3.09 bits per heavy atom. The van der Waals surface area contributed by atoms with Crippen LogP contribution in [-0.4, -0.2) is 35.6 Å². The molecule has 2 N–H and O–H groups in total. The van der Waals surface area contributed by atoms with Gasteiger partial charge in [0.2, 0.25) is 6.41 Å². The molecule has 0 aromatic carbocycles. The number of carboxylic acids is 1. The number of hydrogen-bond acceptors (Lipinski definition) is 3. The van der Waals surface area contributed by atoms with E-state index in [0.29, 0.717) is 19.6 Å². The number of amides is 1. The number of aliphatic carboxylic acids is 1. The van der Waals surface area contributed by atoms with Crippen molar-refractivity contribution in [2.75, 3.05) is 13.2 Å². The summed E-state index contributed by atoms with van der Waals surface area (Å²) in [5.41, 5.74) is 0.198. The second kappa shape index (κ2) is 3.16. The SMILES string of the molecule is O=CN1C=C(C(=O)O)CNC1. The molecule has 0 unspecified atom stereocenters. The van der Waals surface area contributed by atoms with Crippen molar-refractivity contribution >= 4 is 12.4 Å². The molecule has 1 aliphatic rings. The third-order valence-corrected chi connectivity index (χ3v) is 1.34. The van der Waals surface area contributed by atoms with Crippen molar-refractivity contribution in [2.24, 2.45) is 0 Å². The lowest BCUT2D eigenvalue weighted by molar-refractivity contribution is -0.132. The first kappa shape index (κ1) is 7.74. The number of carbonyl (C=O) groups is 2. The number of hydrogen-bond donors (Lipinski definition) is 2. The van der Waals surface area contributed by atoms with E-state index >= 15 is 0 Å². The van der Waals surface area contributed by atoms with Crippen molar-refractivity contribution in [3.8, 4) is 0 Å². The van der Waals surface area contributed by atoms with E-state index in [1.165, 1.54) is 11.1 Å². The maximum Gasteiger partial charge on any atom is 0.334 e. The summed E-state index contributed by atoms with van der Waals surface area (Å²) in [7, 11) is 0. The van der Waals surface area contributed by atoms with Gasteiger partial charge in [-0.05, 0) is 0 Å². The summed E-state index contributed by atoms with van der Waals surface area (Å²) in [5, 5.41) is 11.3. The van der Waals surface area contributed by atoms with Gasteiger partial charge < -0.3 is 10.0 Å². The molecule has 1 rings (SSSR count). The minimum Gasteiger partial charge on any atom is -0.478 e. The number of nitrogens with zero attached hydrogens (tertiary/aromatic N) is 1. The van der Waals surface area contributed by atoms with E-state index < -0.39 is 5.97 Å². The number of carboxylic acid groups (broad SMARTS) is 1. The minimum atomic E-state index is -0.996. The van der Waals surface area contributed by atoms with Crippen LogP contribution in [0.5, 0.6) is 0 Å². The van der Waals surface area contributed by atoms with Gasteiger partial charge in [-0.2, -0.15) is 0 Å². The van der Waals surface area contributed by atoms with E-state index in [4.69, 9.17) is 5.11 Å². The van der Waals surface area contributed by atoms with Crippen LogP contribution >= 0.6 is 0 Å². The molecule has 0 aromatic heterocycles. The fourth-order valence-corrected chi connectivity index (χ4v) is 0.810. The molecule has 5 nitrogen and oxygen atoms in total. The quantitative estimate of drug-likeness (QED) is 0.502. The second-order valence-electron chi connectivity index (χ2n) is 2.16. The Morgan fingerprint density at radius 1 is 1.82 bits per heavy atom. The van der Waals surface area contributed by atoms with Crippen LogP contribution in [0.4, 0.5) is 0 Å². The van der Waals surface area contributed by atoms with Gasteiger partial charge >= 0.3 is 5.97 Å². The first-order chi connectivity index (χ1) is 5.24. The summed E-state index contributed by atoms with van der Waals surface area (Å²) in [5.74, 6) is -0.996. The normalized spacial score (nSPS) is 17.5. The molecule has 1 amide bonds. The van der Waals surface area contributed by atoms with Crippen LogP contribution in [-0.2, 0) is 9.59 Å². The van der Waals surface area contributed by atoms with E-state index in [0.717, 1.165) is 0 Å². The summed E-state index contributed by atoms with van der Waals surface area (Å²) < 4.78 is 0. The molecular weight excluding hydrogens is 148 g/mol. The smallest absolute Gasteiger partial charge is 0.334 e. The van der Waals surface area contributed by atoms with Gasteiger partial charge in [0.25, 0.3) is 0 Å². The molecular formula is C6H8N2O3. The highest BCUT2D eigenvalue weighted by Gasteiger charge is 2.13. The lowest BCUT2D eigenvalue weighted by Gasteiger charge is -2.19. The van der Waals surface area contributed by atoms with Gasteiger partial charge in [-0.25, -0.2) is 4.79 Å². The van der Waals surface area contributed by atoms with Crippen LogP contribution in [0.15, 0.2) is 11.8 Å². The third-order valence-electron chi connectivity index (χ3n) is 1.34. The Labute approximate surface area is 63.3 Å². The fourth-order valence-electron chi connectivity index (χ4n) is 0.810. The average molecular weight is 156 g/mol. The first-order valence-electron chi connectivity index (χ1n) is 3.10. The highest BCUT2D eigenvalue weighted by atomic mass is 16.4. The highest BCUT2D eigenvalue weighted by Crippen LogP contribution is 1.99. The van der Waals surface area contributed by atoms with Gasteiger partial charge in [0.05, 0.1) is 12.2 Å². The van der Waals surface area contributed by atoms with Crippen molar-refractivity contribution in [3.05, 3.63) is 11.8 Å². The lowest BCUT2D eigenvalue weighted by Crippen LogP contribution is -2.37. The zero-order valence-electron chi connectivity index (χ0n) is 5.78.